The van der Waals surface area contributed by atoms with E-state index in [1.807, 2.05) is 36.4 Å². The molecule has 0 aromatic heterocycles. The Kier molecular flexibility index (Phi) is 3.79. The Morgan fingerprint density at radius 1 is 1.17 bits per heavy atom. The quantitative estimate of drug-likeness (QED) is 0.847. The smallest absolute Gasteiger partial charge is 0.306 e. The van der Waals surface area contributed by atoms with Crippen LogP contribution in [-0.4, -0.2) is 28.9 Å². The molecule has 2 rings (SSSR count). The van der Waals surface area contributed by atoms with Gasteiger partial charge in [0.2, 0.25) is 0 Å². The fraction of sp³-hybridized carbons (Fsp3) is 0.214. The van der Waals surface area contributed by atoms with Crippen LogP contribution in [0.1, 0.15) is 6.42 Å². The van der Waals surface area contributed by atoms with Crippen molar-refractivity contribution in [3.05, 3.63) is 42.5 Å². The van der Waals surface area contributed by atoms with Crippen LogP contribution >= 0.6 is 0 Å². The minimum absolute atomic E-state index is 0.0232. The van der Waals surface area contributed by atoms with Crippen LogP contribution in [0.3, 0.4) is 0 Å². The zero-order valence-corrected chi connectivity index (χ0v) is 9.74. The summed E-state index contributed by atoms with van der Waals surface area (Å²) in [7, 11) is 0. The van der Waals surface area contributed by atoms with Gasteiger partial charge in [-0.1, -0.05) is 30.3 Å². The highest BCUT2D eigenvalue weighted by Gasteiger charge is 2.10. The summed E-state index contributed by atoms with van der Waals surface area (Å²) in [6.45, 7) is -0.0232. The number of fused-ring (bicyclic) bond motifs is 1. The van der Waals surface area contributed by atoms with E-state index in [9.17, 15) is 9.90 Å². The van der Waals surface area contributed by atoms with Gasteiger partial charge in [0.1, 0.15) is 12.4 Å². The predicted octanol–water partition coefficient (Wildman–Crippen LogP) is 2.05. The van der Waals surface area contributed by atoms with Gasteiger partial charge in [0.25, 0.3) is 0 Å². The fourth-order valence-corrected chi connectivity index (χ4v) is 1.71. The van der Waals surface area contributed by atoms with Crippen molar-refractivity contribution in [2.75, 3.05) is 6.61 Å². The summed E-state index contributed by atoms with van der Waals surface area (Å²) in [4.78, 5) is 10.4. The second-order valence-electron chi connectivity index (χ2n) is 4.07. The number of rotatable bonds is 5. The number of ether oxygens (including phenoxy) is 1. The number of hydrogen-bond acceptors (Lipinski definition) is 3. The molecule has 0 aliphatic carbocycles. The van der Waals surface area contributed by atoms with E-state index in [-0.39, 0.29) is 13.0 Å². The Labute approximate surface area is 104 Å². The average Bonchev–Trinajstić information content (AvgIpc) is 2.35. The zero-order chi connectivity index (χ0) is 13.0. The summed E-state index contributed by atoms with van der Waals surface area (Å²) in [5.41, 5.74) is 0. The van der Waals surface area contributed by atoms with E-state index in [4.69, 9.17) is 9.84 Å². The first-order valence-electron chi connectivity index (χ1n) is 5.66. The van der Waals surface area contributed by atoms with Crippen LogP contribution in [0.25, 0.3) is 10.8 Å². The van der Waals surface area contributed by atoms with Crippen molar-refractivity contribution in [3.8, 4) is 5.75 Å². The lowest BCUT2D eigenvalue weighted by Gasteiger charge is -2.10. The summed E-state index contributed by atoms with van der Waals surface area (Å²) in [5.74, 6) is -0.414. The number of aliphatic hydroxyl groups excluding tert-OH is 1. The van der Waals surface area contributed by atoms with Crippen molar-refractivity contribution in [2.45, 2.75) is 12.5 Å². The van der Waals surface area contributed by atoms with E-state index in [1.165, 1.54) is 0 Å². The number of carbonyl (C=O) groups is 1. The highest BCUT2D eigenvalue weighted by atomic mass is 16.5. The summed E-state index contributed by atoms with van der Waals surface area (Å²) in [6.07, 6.45) is -1.30. The molecule has 0 aliphatic heterocycles. The molecule has 94 valence electrons. The molecule has 0 radical (unpaired) electrons. The zero-order valence-electron chi connectivity index (χ0n) is 9.74. The molecule has 0 fully saturated rings. The van der Waals surface area contributed by atoms with E-state index < -0.39 is 12.1 Å². The summed E-state index contributed by atoms with van der Waals surface area (Å²) >= 11 is 0. The summed E-state index contributed by atoms with van der Waals surface area (Å²) in [5, 5.41) is 20.0. The molecular weight excluding hydrogens is 232 g/mol. The Hall–Kier alpha value is -2.07. The fourth-order valence-electron chi connectivity index (χ4n) is 1.71. The van der Waals surface area contributed by atoms with Crippen molar-refractivity contribution < 1.29 is 19.7 Å². The van der Waals surface area contributed by atoms with Crippen LogP contribution in [0.2, 0.25) is 0 Å². The maximum Gasteiger partial charge on any atom is 0.306 e. The highest BCUT2D eigenvalue weighted by molar-refractivity contribution is 5.83. The number of carboxylic acid groups (broad SMARTS) is 1. The lowest BCUT2D eigenvalue weighted by Crippen LogP contribution is -2.21. The maximum atomic E-state index is 10.4. The third kappa shape index (κ3) is 3.21. The van der Waals surface area contributed by atoms with Crippen LogP contribution in [0, 0.1) is 0 Å². The van der Waals surface area contributed by atoms with Gasteiger partial charge in [0, 0.05) is 0 Å². The molecule has 0 heterocycles. The first-order chi connectivity index (χ1) is 8.65. The molecule has 0 saturated heterocycles. The van der Waals surface area contributed by atoms with Gasteiger partial charge in [-0.2, -0.15) is 0 Å². The van der Waals surface area contributed by atoms with Gasteiger partial charge >= 0.3 is 5.97 Å². The van der Waals surface area contributed by atoms with Crippen molar-refractivity contribution >= 4 is 16.7 Å². The van der Waals surface area contributed by atoms with Crippen molar-refractivity contribution in [1.29, 1.82) is 0 Å². The number of hydrogen-bond donors (Lipinski definition) is 2. The highest BCUT2D eigenvalue weighted by Crippen LogP contribution is 2.20. The summed E-state index contributed by atoms with van der Waals surface area (Å²) < 4.78 is 5.36. The van der Waals surface area contributed by atoms with E-state index in [0.717, 1.165) is 10.8 Å². The van der Waals surface area contributed by atoms with Gasteiger partial charge in [-0.3, -0.25) is 4.79 Å². The molecule has 0 spiro atoms. The number of aliphatic carboxylic acids is 1. The second kappa shape index (κ2) is 5.51. The van der Waals surface area contributed by atoms with E-state index in [1.54, 1.807) is 6.07 Å². The molecular formula is C14H14O4. The monoisotopic (exact) mass is 246 g/mol. The lowest BCUT2D eigenvalue weighted by molar-refractivity contribution is -0.139. The molecule has 2 N–H and O–H groups in total. The number of aliphatic hydroxyl groups is 1. The third-order valence-electron chi connectivity index (χ3n) is 2.57. The molecule has 0 bridgehead atoms. The summed E-state index contributed by atoms with van der Waals surface area (Å²) in [6, 6.07) is 13.5. The van der Waals surface area contributed by atoms with Crippen LogP contribution in [0.4, 0.5) is 0 Å². The van der Waals surface area contributed by atoms with Gasteiger partial charge < -0.3 is 14.9 Å². The normalized spacial score (nSPS) is 12.3. The Morgan fingerprint density at radius 2 is 1.89 bits per heavy atom. The van der Waals surface area contributed by atoms with Crippen LogP contribution in [0.5, 0.6) is 5.75 Å². The second-order valence-corrected chi connectivity index (χ2v) is 4.07. The largest absolute Gasteiger partial charge is 0.491 e. The molecule has 1 atom stereocenters. The van der Waals surface area contributed by atoms with Crippen LogP contribution in [-0.2, 0) is 4.79 Å². The number of carboxylic acids is 1. The molecule has 1 unspecified atom stereocenters. The van der Waals surface area contributed by atoms with Gasteiger partial charge in [0.15, 0.2) is 0 Å². The maximum absolute atomic E-state index is 10.4. The first kappa shape index (κ1) is 12.4. The van der Waals surface area contributed by atoms with Gasteiger partial charge in [0.05, 0.1) is 12.5 Å². The van der Waals surface area contributed by atoms with E-state index in [0.29, 0.717) is 5.75 Å². The Bertz CT molecular complexity index is 550. The van der Waals surface area contributed by atoms with Crippen molar-refractivity contribution in [1.82, 2.24) is 0 Å². The standard InChI is InChI=1S/C14H14O4/c15-12(8-14(16)17)9-18-13-6-5-10-3-1-2-4-11(10)7-13/h1-7,12,15H,8-9H2,(H,16,17). The average molecular weight is 246 g/mol. The molecule has 2 aromatic carbocycles. The minimum atomic E-state index is -1.04. The SMILES string of the molecule is O=C(O)CC(O)COc1ccc2ccccc2c1. The predicted molar refractivity (Wildman–Crippen MR) is 67.7 cm³/mol. The van der Waals surface area contributed by atoms with Gasteiger partial charge in [-0.05, 0) is 22.9 Å². The molecule has 18 heavy (non-hydrogen) atoms. The van der Waals surface area contributed by atoms with Gasteiger partial charge in [-0.15, -0.1) is 0 Å². The van der Waals surface area contributed by atoms with E-state index in [2.05, 4.69) is 0 Å². The van der Waals surface area contributed by atoms with Crippen molar-refractivity contribution in [3.63, 3.8) is 0 Å². The lowest BCUT2D eigenvalue weighted by atomic mass is 10.1. The number of benzene rings is 2. The molecule has 0 amide bonds. The van der Waals surface area contributed by atoms with E-state index >= 15 is 0 Å². The van der Waals surface area contributed by atoms with Crippen LogP contribution in [0.15, 0.2) is 42.5 Å². The van der Waals surface area contributed by atoms with Gasteiger partial charge in [-0.25, -0.2) is 0 Å². The third-order valence-corrected chi connectivity index (χ3v) is 2.57. The first-order valence-corrected chi connectivity index (χ1v) is 5.66. The Morgan fingerprint density at radius 3 is 2.61 bits per heavy atom. The minimum Gasteiger partial charge on any atom is -0.491 e. The molecule has 2 aromatic rings. The topological polar surface area (TPSA) is 66.8 Å². The molecule has 0 aliphatic rings. The van der Waals surface area contributed by atoms with Crippen molar-refractivity contribution in [2.24, 2.45) is 0 Å². The molecule has 4 nitrogen and oxygen atoms in total. The molecule has 0 saturated carbocycles. The molecule has 4 heteroatoms. The van der Waals surface area contributed by atoms with Crippen LogP contribution < -0.4 is 4.74 Å². The Balaban J connectivity index is 2.01.